The summed E-state index contributed by atoms with van der Waals surface area (Å²) in [6.07, 6.45) is -3.08. The van der Waals surface area contributed by atoms with Crippen molar-refractivity contribution in [2.24, 2.45) is 0 Å². The van der Waals surface area contributed by atoms with Crippen LogP contribution in [0.2, 0.25) is 0 Å². The Morgan fingerprint density at radius 3 is 2.30 bits per heavy atom. The number of carbonyl (C=O) groups is 1. The minimum atomic E-state index is -5.72. The van der Waals surface area contributed by atoms with Crippen molar-refractivity contribution >= 4 is 32.5 Å². The lowest BCUT2D eigenvalue weighted by Crippen LogP contribution is -2.40. The van der Waals surface area contributed by atoms with Crippen molar-refractivity contribution in [1.82, 2.24) is 14.5 Å². The van der Waals surface area contributed by atoms with Crippen molar-refractivity contribution in [2.45, 2.75) is 56.8 Å². The third-order valence-corrected chi connectivity index (χ3v) is 7.03. The molecule has 0 spiro atoms. The molecule has 0 aromatic carbocycles. The number of carbonyl (C=O) groups excluding carboxylic acids is 1. The zero-order valence-electron chi connectivity index (χ0n) is 20.6. The summed E-state index contributed by atoms with van der Waals surface area (Å²) in [4.78, 5) is 21.6. The minimum Gasteiger partial charge on any atom is -0.443 e. The molecule has 0 unspecified atom stereocenters. The van der Waals surface area contributed by atoms with Gasteiger partial charge in [-0.15, -0.1) is 0 Å². The fraction of sp³-hybridized carbons (Fsp3) is 0.435. The fourth-order valence-electron chi connectivity index (χ4n) is 3.30. The second-order valence-electron chi connectivity index (χ2n) is 9.26. The van der Waals surface area contributed by atoms with Crippen LogP contribution in [0.4, 0.5) is 32.4 Å². The van der Waals surface area contributed by atoms with E-state index in [1.807, 2.05) is 0 Å². The highest BCUT2D eigenvalue weighted by Gasteiger charge is 2.57. The van der Waals surface area contributed by atoms with Crippen LogP contribution in [0.25, 0.3) is 22.3 Å². The first-order chi connectivity index (χ1) is 16.9. The van der Waals surface area contributed by atoms with Gasteiger partial charge in [0.05, 0.1) is 46.5 Å². The highest BCUT2D eigenvalue weighted by Crippen LogP contribution is 2.38. The molecule has 202 valence electrons. The van der Waals surface area contributed by atoms with E-state index in [-0.39, 0.29) is 38.6 Å². The van der Waals surface area contributed by atoms with Crippen LogP contribution in [0, 0.1) is 0 Å². The van der Waals surface area contributed by atoms with Crippen LogP contribution in [0.5, 0.6) is 0 Å². The molecule has 0 atom stereocenters. The first-order valence-corrected chi connectivity index (χ1v) is 12.6. The summed E-state index contributed by atoms with van der Waals surface area (Å²) < 4.78 is 96.8. The molecule has 0 N–H and O–H groups in total. The van der Waals surface area contributed by atoms with Crippen LogP contribution >= 0.6 is 0 Å². The van der Waals surface area contributed by atoms with Gasteiger partial charge in [-0.1, -0.05) is 6.92 Å². The van der Waals surface area contributed by atoms with Crippen LogP contribution in [-0.2, 0) is 21.1 Å². The Labute approximate surface area is 210 Å². The third kappa shape index (κ3) is 6.00. The van der Waals surface area contributed by atoms with Crippen LogP contribution < -0.4 is 4.90 Å². The van der Waals surface area contributed by atoms with Crippen molar-refractivity contribution in [3.05, 3.63) is 36.8 Å². The molecule has 0 bridgehead atoms. The number of amides is 1. The average Bonchev–Trinajstić information content (AvgIpc) is 3.17. The van der Waals surface area contributed by atoms with Gasteiger partial charge in [-0.05, 0) is 39.0 Å². The number of anilines is 1. The Bertz CT molecular complexity index is 1430. The summed E-state index contributed by atoms with van der Waals surface area (Å²) in [5.41, 5.74) is -0.693. The standard InChI is InChI=1S/C23H25F5N4O4S/c1-6-37(34,35)18-10-15(31(5)20(33)36-21(2,3)4)11-30-19(18)16-9-14-7-8-32(17(14)12-29-16)13-22(24,25)23(26,27)28/h7-12H,6,13H2,1-5H3. The minimum absolute atomic E-state index is 0.00569. The van der Waals surface area contributed by atoms with E-state index in [0.29, 0.717) is 0 Å². The number of hydrogen-bond donors (Lipinski definition) is 0. The number of aromatic nitrogens is 3. The van der Waals surface area contributed by atoms with Crippen molar-refractivity contribution in [3.8, 4) is 11.4 Å². The summed E-state index contributed by atoms with van der Waals surface area (Å²) in [5.74, 6) is -5.26. The van der Waals surface area contributed by atoms with E-state index >= 15 is 0 Å². The van der Waals surface area contributed by atoms with Gasteiger partial charge < -0.3 is 9.30 Å². The molecule has 14 heteroatoms. The molecule has 0 saturated heterocycles. The number of fused-ring (bicyclic) bond motifs is 1. The highest BCUT2D eigenvalue weighted by molar-refractivity contribution is 7.91. The molecule has 0 aliphatic heterocycles. The number of alkyl halides is 5. The molecular weight excluding hydrogens is 523 g/mol. The molecule has 1 amide bonds. The largest absolute Gasteiger partial charge is 0.455 e. The predicted octanol–water partition coefficient (Wildman–Crippen LogP) is 5.46. The van der Waals surface area contributed by atoms with Gasteiger partial charge in [0.15, 0.2) is 9.84 Å². The predicted molar refractivity (Wildman–Crippen MR) is 126 cm³/mol. The van der Waals surface area contributed by atoms with Crippen molar-refractivity contribution in [3.63, 3.8) is 0 Å². The Morgan fingerprint density at radius 1 is 1.08 bits per heavy atom. The summed E-state index contributed by atoms with van der Waals surface area (Å²) in [7, 11) is -2.51. The first kappa shape index (κ1) is 28.3. The topological polar surface area (TPSA) is 94.4 Å². The maximum atomic E-state index is 13.6. The Morgan fingerprint density at radius 2 is 1.73 bits per heavy atom. The third-order valence-electron chi connectivity index (χ3n) is 5.29. The molecule has 0 radical (unpaired) electrons. The molecule has 0 aliphatic rings. The van der Waals surface area contributed by atoms with Gasteiger partial charge in [-0.3, -0.25) is 14.9 Å². The number of nitrogens with zero attached hydrogens (tertiary/aromatic N) is 4. The molecule has 3 heterocycles. The molecular formula is C23H25F5N4O4S. The quantitative estimate of drug-likeness (QED) is 0.380. The van der Waals surface area contributed by atoms with Gasteiger partial charge in [0.1, 0.15) is 11.3 Å². The SMILES string of the molecule is CCS(=O)(=O)c1cc(N(C)C(=O)OC(C)(C)C)cnc1-c1cc2ccn(CC(F)(F)C(F)(F)F)c2cn1. The summed E-state index contributed by atoms with van der Waals surface area (Å²) in [6.45, 7) is 4.80. The molecule has 0 aliphatic carbocycles. The summed E-state index contributed by atoms with van der Waals surface area (Å²) in [6, 6.07) is 3.89. The van der Waals surface area contributed by atoms with Gasteiger partial charge in [0.25, 0.3) is 0 Å². The molecule has 3 aromatic rings. The molecule has 8 nitrogen and oxygen atoms in total. The molecule has 0 saturated carbocycles. The van der Waals surface area contributed by atoms with Crippen molar-refractivity contribution in [2.75, 3.05) is 17.7 Å². The van der Waals surface area contributed by atoms with Gasteiger partial charge in [0.2, 0.25) is 0 Å². The maximum absolute atomic E-state index is 13.6. The van der Waals surface area contributed by atoms with E-state index in [4.69, 9.17) is 4.74 Å². The smallest absolute Gasteiger partial charge is 0.443 e. The van der Waals surface area contributed by atoms with E-state index in [1.54, 1.807) is 20.8 Å². The Balaban J connectivity index is 2.06. The molecule has 3 rings (SSSR count). The lowest BCUT2D eigenvalue weighted by Gasteiger charge is -2.25. The number of pyridine rings is 2. The van der Waals surface area contributed by atoms with Gasteiger partial charge >= 0.3 is 18.2 Å². The summed E-state index contributed by atoms with van der Waals surface area (Å²) in [5, 5.41) is 0.250. The number of halogens is 5. The summed E-state index contributed by atoms with van der Waals surface area (Å²) >= 11 is 0. The number of ether oxygens (including phenoxy) is 1. The first-order valence-electron chi connectivity index (χ1n) is 11.0. The second kappa shape index (κ2) is 9.54. The second-order valence-corrected chi connectivity index (χ2v) is 11.5. The molecule has 37 heavy (non-hydrogen) atoms. The van der Waals surface area contributed by atoms with Gasteiger partial charge in [-0.25, -0.2) is 13.2 Å². The lowest BCUT2D eigenvalue weighted by molar-refractivity contribution is -0.286. The van der Waals surface area contributed by atoms with Gasteiger partial charge in [0, 0.05) is 18.6 Å². The van der Waals surface area contributed by atoms with Crippen LogP contribution in [0.15, 0.2) is 41.7 Å². The van der Waals surface area contributed by atoms with Crippen molar-refractivity contribution < 1.29 is 39.9 Å². The Hall–Kier alpha value is -3.29. The molecule has 3 aromatic heterocycles. The monoisotopic (exact) mass is 548 g/mol. The number of rotatable bonds is 6. The fourth-order valence-corrected chi connectivity index (χ4v) is 4.36. The normalized spacial score (nSPS) is 13.1. The zero-order chi connectivity index (χ0) is 28.0. The van der Waals surface area contributed by atoms with Crippen LogP contribution in [0.1, 0.15) is 27.7 Å². The van der Waals surface area contributed by atoms with E-state index in [2.05, 4.69) is 9.97 Å². The van der Waals surface area contributed by atoms with Gasteiger partial charge in [-0.2, -0.15) is 22.0 Å². The number of sulfone groups is 1. The average molecular weight is 549 g/mol. The van der Waals surface area contributed by atoms with Crippen LogP contribution in [-0.4, -0.2) is 59.5 Å². The van der Waals surface area contributed by atoms with E-state index in [0.717, 1.165) is 21.9 Å². The van der Waals surface area contributed by atoms with Crippen molar-refractivity contribution in [1.29, 1.82) is 0 Å². The zero-order valence-corrected chi connectivity index (χ0v) is 21.4. The maximum Gasteiger partial charge on any atom is 0.455 e. The Kier molecular flexibility index (Phi) is 7.29. The van der Waals surface area contributed by atoms with E-state index in [1.165, 1.54) is 38.4 Å². The molecule has 0 fully saturated rings. The van der Waals surface area contributed by atoms with Crippen LogP contribution in [0.3, 0.4) is 0 Å². The van der Waals surface area contributed by atoms with E-state index in [9.17, 15) is 35.2 Å². The lowest BCUT2D eigenvalue weighted by atomic mass is 10.2. The van der Waals surface area contributed by atoms with E-state index < -0.39 is 40.2 Å². The number of hydrogen-bond acceptors (Lipinski definition) is 6. The highest BCUT2D eigenvalue weighted by atomic mass is 32.2.